The molecule has 0 bridgehead atoms. The zero-order valence-electron chi connectivity index (χ0n) is 12.5. The third-order valence-corrected chi connectivity index (χ3v) is 3.55. The first-order chi connectivity index (χ1) is 11.4. The second-order valence-electron chi connectivity index (χ2n) is 5.28. The van der Waals surface area contributed by atoms with Gasteiger partial charge in [0.2, 0.25) is 0 Å². The molecule has 0 fully saturated rings. The number of benzene rings is 2. The average Bonchev–Trinajstić information content (AvgIpc) is 2.57. The maximum Gasteiger partial charge on any atom is 0.416 e. The normalized spacial score (nSPS) is 11.5. The Morgan fingerprint density at radius 1 is 0.875 bits per heavy atom. The van der Waals surface area contributed by atoms with Crippen LogP contribution in [-0.2, 0) is 12.7 Å². The molecule has 0 spiro atoms. The van der Waals surface area contributed by atoms with E-state index in [1.165, 1.54) is 22.9 Å². The van der Waals surface area contributed by atoms with Crippen molar-refractivity contribution in [3.8, 4) is 11.3 Å². The van der Waals surface area contributed by atoms with Crippen LogP contribution in [0.15, 0.2) is 71.5 Å². The summed E-state index contributed by atoms with van der Waals surface area (Å²) in [5.41, 5.74) is 1.03. The van der Waals surface area contributed by atoms with Gasteiger partial charge >= 0.3 is 6.18 Å². The molecule has 3 nitrogen and oxygen atoms in total. The van der Waals surface area contributed by atoms with Gasteiger partial charge in [0, 0.05) is 11.6 Å². The van der Waals surface area contributed by atoms with Crippen molar-refractivity contribution in [1.82, 2.24) is 9.78 Å². The summed E-state index contributed by atoms with van der Waals surface area (Å²) >= 11 is 0. The van der Waals surface area contributed by atoms with Gasteiger partial charge < -0.3 is 0 Å². The molecule has 122 valence electrons. The maximum atomic E-state index is 12.6. The van der Waals surface area contributed by atoms with Crippen molar-refractivity contribution in [2.45, 2.75) is 12.7 Å². The molecule has 1 aromatic heterocycles. The van der Waals surface area contributed by atoms with Crippen molar-refractivity contribution in [3.63, 3.8) is 0 Å². The van der Waals surface area contributed by atoms with Crippen LogP contribution in [-0.4, -0.2) is 9.78 Å². The number of alkyl halides is 3. The van der Waals surface area contributed by atoms with Crippen LogP contribution in [0.1, 0.15) is 11.1 Å². The average molecular weight is 330 g/mol. The summed E-state index contributed by atoms with van der Waals surface area (Å²) in [6.07, 6.45) is -4.37. The molecule has 0 aliphatic rings. The summed E-state index contributed by atoms with van der Waals surface area (Å²) in [7, 11) is 0. The van der Waals surface area contributed by atoms with E-state index in [2.05, 4.69) is 5.10 Å². The van der Waals surface area contributed by atoms with Crippen LogP contribution >= 0.6 is 0 Å². The summed E-state index contributed by atoms with van der Waals surface area (Å²) < 4.78 is 39.0. The molecule has 3 rings (SSSR count). The lowest BCUT2D eigenvalue weighted by molar-refractivity contribution is -0.137. The minimum atomic E-state index is -4.37. The molecule has 0 aliphatic heterocycles. The molecule has 1 heterocycles. The molecule has 24 heavy (non-hydrogen) atoms. The Kier molecular flexibility index (Phi) is 4.20. The Labute approximate surface area is 136 Å². The van der Waals surface area contributed by atoms with Crippen molar-refractivity contribution >= 4 is 0 Å². The van der Waals surface area contributed by atoms with Gasteiger partial charge in [0.1, 0.15) is 0 Å². The van der Waals surface area contributed by atoms with E-state index >= 15 is 0 Å². The van der Waals surface area contributed by atoms with E-state index in [1.807, 2.05) is 30.3 Å². The summed E-state index contributed by atoms with van der Waals surface area (Å²) in [6, 6.07) is 17.1. The van der Waals surface area contributed by atoms with Gasteiger partial charge in [-0.15, -0.1) is 0 Å². The van der Waals surface area contributed by atoms with Crippen LogP contribution in [0.3, 0.4) is 0 Å². The molecule has 0 saturated heterocycles. The second-order valence-corrected chi connectivity index (χ2v) is 5.28. The Balaban J connectivity index is 1.89. The van der Waals surface area contributed by atoms with Gasteiger partial charge in [-0.05, 0) is 23.8 Å². The Morgan fingerprint density at radius 3 is 2.17 bits per heavy atom. The van der Waals surface area contributed by atoms with Gasteiger partial charge in [0.05, 0.1) is 17.8 Å². The molecule has 0 unspecified atom stereocenters. The molecule has 3 aromatic rings. The van der Waals surface area contributed by atoms with E-state index in [0.29, 0.717) is 11.3 Å². The topological polar surface area (TPSA) is 34.9 Å². The van der Waals surface area contributed by atoms with E-state index in [1.54, 1.807) is 6.07 Å². The van der Waals surface area contributed by atoms with E-state index in [0.717, 1.165) is 17.7 Å². The van der Waals surface area contributed by atoms with E-state index in [4.69, 9.17) is 0 Å². The second kappa shape index (κ2) is 6.31. The highest BCUT2D eigenvalue weighted by Crippen LogP contribution is 2.29. The van der Waals surface area contributed by atoms with Crippen LogP contribution < -0.4 is 5.56 Å². The van der Waals surface area contributed by atoms with Gasteiger partial charge in [0.15, 0.2) is 0 Å². The summed E-state index contributed by atoms with van der Waals surface area (Å²) in [5, 5.41) is 4.29. The Morgan fingerprint density at radius 2 is 1.54 bits per heavy atom. The van der Waals surface area contributed by atoms with Crippen molar-refractivity contribution < 1.29 is 13.2 Å². The maximum absolute atomic E-state index is 12.6. The SMILES string of the molecule is O=c1ccc(-c2ccccc2)nn1Cc1ccc(C(F)(F)F)cc1. The minimum Gasteiger partial charge on any atom is -0.268 e. The molecule has 0 aliphatic carbocycles. The lowest BCUT2D eigenvalue weighted by atomic mass is 10.1. The third kappa shape index (κ3) is 3.53. The molecule has 0 N–H and O–H groups in total. The van der Waals surface area contributed by atoms with E-state index in [-0.39, 0.29) is 12.1 Å². The highest BCUT2D eigenvalue weighted by Gasteiger charge is 2.29. The predicted octanol–water partition coefficient (Wildman–Crippen LogP) is 3.98. The number of aromatic nitrogens is 2. The van der Waals surface area contributed by atoms with Crippen LogP contribution in [0.4, 0.5) is 13.2 Å². The number of hydrogen-bond acceptors (Lipinski definition) is 2. The standard InChI is InChI=1S/C18H13F3N2O/c19-18(20,21)15-8-6-13(7-9-15)12-23-17(24)11-10-16(22-23)14-4-2-1-3-5-14/h1-11H,12H2. The van der Waals surface area contributed by atoms with Gasteiger partial charge in [-0.2, -0.15) is 18.3 Å². The van der Waals surface area contributed by atoms with Crippen LogP contribution in [0, 0.1) is 0 Å². The zero-order chi connectivity index (χ0) is 17.2. The zero-order valence-corrected chi connectivity index (χ0v) is 12.5. The minimum absolute atomic E-state index is 0.109. The van der Waals surface area contributed by atoms with Crippen molar-refractivity contribution in [3.05, 3.63) is 88.2 Å². The summed E-state index contributed by atoms with van der Waals surface area (Å²) in [4.78, 5) is 12.0. The lowest BCUT2D eigenvalue weighted by Gasteiger charge is -2.09. The van der Waals surface area contributed by atoms with Gasteiger partial charge in [-0.1, -0.05) is 42.5 Å². The first kappa shape index (κ1) is 16.0. The molecule has 0 radical (unpaired) electrons. The van der Waals surface area contributed by atoms with Crippen molar-refractivity contribution in [2.24, 2.45) is 0 Å². The lowest BCUT2D eigenvalue weighted by Crippen LogP contribution is -2.22. The monoisotopic (exact) mass is 330 g/mol. The Hall–Kier alpha value is -2.89. The smallest absolute Gasteiger partial charge is 0.268 e. The fourth-order valence-electron chi connectivity index (χ4n) is 2.30. The van der Waals surface area contributed by atoms with E-state index in [9.17, 15) is 18.0 Å². The first-order valence-corrected chi connectivity index (χ1v) is 7.23. The third-order valence-electron chi connectivity index (χ3n) is 3.55. The molecule has 0 saturated carbocycles. The molecule has 0 atom stereocenters. The highest BCUT2D eigenvalue weighted by atomic mass is 19.4. The van der Waals surface area contributed by atoms with Gasteiger partial charge in [-0.3, -0.25) is 4.79 Å². The fourth-order valence-corrected chi connectivity index (χ4v) is 2.30. The predicted molar refractivity (Wildman–Crippen MR) is 84.5 cm³/mol. The fraction of sp³-hybridized carbons (Fsp3) is 0.111. The number of hydrogen-bond donors (Lipinski definition) is 0. The highest BCUT2D eigenvalue weighted by molar-refractivity contribution is 5.57. The summed E-state index contributed by atoms with van der Waals surface area (Å²) in [6.45, 7) is 0.109. The Bertz CT molecular complexity index is 885. The molecule has 6 heteroatoms. The molecule has 0 amide bonds. The summed E-state index contributed by atoms with van der Waals surface area (Å²) in [5.74, 6) is 0. The number of rotatable bonds is 3. The first-order valence-electron chi connectivity index (χ1n) is 7.23. The van der Waals surface area contributed by atoms with Crippen LogP contribution in [0.25, 0.3) is 11.3 Å². The van der Waals surface area contributed by atoms with Crippen LogP contribution in [0.5, 0.6) is 0 Å². The van der Waals surface area contributed by atoms with Crippen molar-refractivity contribution in [2.75, 3.05) is 0 Å². The van der Waals surface area contributed by atoms with Crippen molar-refractivity contribution in [1.29, 1.82) is 0 Å². The van der Waals surface area contributed by atoms with E-state index < -0.39 is 11.7 Å². The largest absolute Gasteiger partial charge is 0.416 e. The molecular formula is C18H13F3N2O. The quantitative estimate of drug-likeness (QED) is 0.728. The molecular weight excluding hydrogens is 317 g/mol. The number of nitrogens with zero attached hydrogens (tertiary/aromatic N) is 2. The van der Waals surface area contributed by atoms with Gasteiger partial charge in [0.25, 0.3) is 5.56 Å². The van der Waals surface area contributed by atoms with Gasteiger partial charge in [-0.25, -0.2) is 4.68 Å². The number of halogens is 3. The van der Waals surface area contributed by atoms with Crippen LogP contribution in [0.2, 0.25) is 0 Å². The molecule has 2 aromatic carbocycles.